The predicted molar refractivity (Wildman–Crippen MR) is 226 cm³/mol. The van der Waals surface area contributed by atoms with Crippen molar-refractivity contribution in [3.8, 4) is 11.4 Å². The second kappa shape index (κ2) is 18.1. The van der Waals surface area contributed by atoms with Crippen molar-refractivity contribution in [2.24, 2.45) is 0 Å². The third-order valence-corrected chi connectivity index (χ3v) is 13.2. The third-order valence-electron chi connectivity index (χ3n) is 10.8. The van der Waals surface area contributed by atoms with Crippen LogP contribution in [-0.2, 0) is 64.6 Å². The molecule has 4 aromatic carbocycles. The van der Waals surface area contributed by atoms with Crippen molar-refractivity contribution in [3.63, 3.8) is 0 Å². The van der Waals surface area contributed by atoms with E-state index in [0.717, 1.165) is 130 Å². The number of aryl methyl sites for hydroxylation is 6. The van der Waals surface area contributed by atoms with E-state index in [-0.39, 0.29) is 0 Å². The Labute approximate surface area is 369 Å². The molecule has 0 N–H and O–H groups in total. The van der Waals surface area contributed by atoms with Gasteiger partial charge in [0.25, 0.3) is 0 Å². The first-order valence-corrected chi connectivity index (χ1v) is 22.7. The average Bonchev–Trinajstić information content (AvgIpc) is 4.13. The van der Waals surface area contributed by atoms with Crippen LogP contribution < -0.4 is 10.2 Å². The van der Waals surface area contributed by atoms with E-state index in [1.54, 1.807) is 0 Å². The van der Waals surface area contributed by atoms with E-state index in [2.05, 4.69) is 151 Å². The van der Waals surface area contributed by atoms with Gasteiger partial charge in [-0.15, -0.1) is 0 Å². The van der Waals surface area contributed by atoms with Crippen molar-refractivity contribution < 1.29 is 47.5 Å². The SMILES string of the molecule is Cc1cc(CCCCCn2ccn(-c3[c-]cc4c(c3)oc3ccccc34)[c]2=[Pt])n[n-]1.Cc1cc(CCCCCn2ccn(-c3[c-]cc4c(c3)oc3ccccc34)[c]2=[Pt])n[n-]1. The summed E-state index contributed by atoms with van der Waals surface area (Å²) in [7, 11) is 0. The molecule has 0 saturated heterocycles. The van der Waals surface area contributed by atoms with Crippen LogP contribution in [0.25, 0.3) is 55.3 Å². The molecule has 6 heterocycles. The maximum atomic E-state index is 6.04. The van der Waals surface area contributed by atoms with Crippen LogP contribution in [-0.4, -0.2) is 28.5 Å². The van der Waals surface area contributed by atoms with Gasteiger partial charge in [0.2, 0.25) is 0 Å². The zero-order valence-electron chi connectivity index (χ0n) is 33.5. The maximum absolute atomic E-state index is 6.04. The minimum absolute atomic E-state index is 0.895. The fraction of sp³-hybridized carbons (Fsp3) is 0.250. The minimum atomic E-state index is 0.895. The summed E-state index contributed by atoms with van der Waals surface area (Å²) in [6.07, 6.45) is 17.4. The van der Waals surface area contributed by atoms with Gasteiger partial charge in [-0.2, -0.15) is 0 Å². The van der Waals surface area contributed by atoms with Gasteiger partial charge < -0.3 is 0 Å². The first kappa shape index (κ1) is 40.1. The molecular formula is C48H44N8O2Pt2-4. The summed E-state index contributed by atoms with van der Waals surface area (Å²) < 4.78 is 23.3. The summed E-state index contributed by atoms with van der Waals surface area (Å²) in [5.74, 6) is 0. The Morgan fingerprint density at radius 2 is 0.983 bits per heavy atom. The molecule has 6 aromatic heterocycles. The number of nitrogens with zero attached hydrogens (tertiary/aromatic N) is 8. The molecule has 312 valence electrons. The summed E-state index contributed by atoms with van der Waals surface area (Å²) in [5.41, 5.74) is 9.85. The summed E-state index contributed by atoms with van der Waals surface area (Å²) in [6.45, 7) is 5.99. The number of para-hydroxylation sites is 2. The Morgan fingerprint density at radius 3 is 1.42 bits per heavy atom. The fourth-order valence-corrected chi connectivity index (χ4v) is 9.44. The Bertz CT molecular complexity index is 2950. The predicted octanol–water partition coefficient (Wildman–Crippen LogP) is 10.3. The summed E-state index contributed by atoms with van der Waals surface area (Å²) >= 11 is 4.78. The van der Waals surface area contributed by atoms with Crippen molar-refractivity contribution >= 4 is 43.9 Å². The summed E-state index contributed by atoms with van der Waals surface area (Å²) in [4.78, 5) is 0. The molecule has 10 nitrogen and oxygen atoms in total. The monoisotopic (exact) mass is 1150 g/mol. The van der Waals surface area contributed by atoms with Crippen molar-refractivity contribution in [1.82, 2.24) is 38.7 Å². The summed E-state index contributed by atoms with van der Waals surface area (Å²) in [5, 5.41) is 21.0. The van der Waals surface area contributed by atoms with Gasteiger partial charge in [0.15, 0.2) is 0 Å². The Hall–Kier alpha value is -5.30. The van der Waals surface area contributed by atoms with Crippen molar-refractivity contribution in [2.45, 2.75) is 78.3 Å². The van der Waals surface area contributed by atoms with Crippen LogP contribution in [0.5, 0.6) is 0 Å². The normalized spacial score (nSPS) is 11.7. The number of aromatic nitrogens is 8. The molecule has 60 heavy (non-hydrogen) atoms. The van der Waals surface area contributed by atoms with Gasteiger partial charge in [-0.05, 0) is 0 Å². The number of hydrogen-bond acceptors (Lipinski definition) is 4. The van der Waals surface area contributed by atoms with Crippen LogP contribution in [0, 0.1) is 33.6 Å². The fourth-order valence-electron chi connectivity index (χ4n) is 7.70. The quantitative estimate of drug-likeness (QED) is 0.0795. The van der Waals surface area contributed by atoms with Crippen LogP contribution in [0.4, 0.5) is 0 Å². The molecule has 0 aliphatic heterocycles. The molecule has 0 aliphatic carbocycles. The number of fused-ring (bicyclic) bond motifs is 6. The van der Waals surface area contributed by atoms with Gasteiger partial charge in [-0.25, -0.2) is 0 Å². The Balaban J connectivity index is 0.000000154. The molecule has 0 amide bonds. The van der Waals surface area contributed by atoms with Crippen molar-refractivity contribution in [1.29, 1.82) is 0 Å². The second-order valence-electron chi connectivity index (χ2n) is 15.2. The molecule has 10 rings (SSSR count). The number of furan rings is 2. The summed E-state index contributed by atoms with van der Waals surface area (Å²) in [6, 6.07) is 35.5. The van der Waals surface area contributed by atoms with Crippen LogP contribution in [0.15, 0.2) is 119 Å². The Morgan fingerprint density at radius 1 is 0.533 bits per heavy atom. The van der Waals surface area contributed by atoms with E-state index >= 15 is 0 Å². The molecule has 0 saturated carbocycles. The van der Waals surface area contributed by atoms with Crippen molar-refractivity contribution in [2.75, 3.05) is 0 Å². The average molecular weight is 1160 g/mol. The number of rotatable bonds is 14. The zero-order chi connectivity index (χ0) is 41.0. The van der Waals surface area contributed by atoms with E-state index in [4.69, 9.17) is 8.83 Å². The van der Waals surface area contributed by atoms with E-state index in [1.807, 2.05) is 62.4 Å². The van der Waals surface area contributed by atoms with Gasteiger partial charge in [-0.3, -0.25) is 0 Å². The molecular weight excluding hydrogens is 1110 g/mol. The molecule has 0 atom stereocenters. The molecule has 0 radical (unpaired) electrons. The van der Waals surface area contributed by atoms with Crippen LogP contribution in [0.2, 0.25) is 0 Å². The zero-order valence-corrected chi connectivity index (χ0v) is 38.0. The Kier molecular flexibility index (Phi) is 12.1. The van der Waals surface area contributed by atoms with Crippen molar-refractivity contribution in [3.05, 3.63) is 152 Å². The van der Waals surface area contributed by atoms with Gasteiger partial charge >= 0.3 is 372 Å². The van der Waals surface area contributed by atoms with E-state index in [0.29, 0.717) is 0 Å². The van der Waals surface area contributed by atoms with Gasteiger partial charge in [0, 0.05) is 0 Å². The third kappa shape index (κ3) is 8.77. The van der Waals surface area contributed by atoms with Gasteiger partial charge in [0.1, 0.15) is 0 Å². The van der Waals surface area contributed by atoms with Crippen LogP contribution >= 0.6 is 0 Å². The van der Waals surface area contributed by atoms with Gasteiger partial charge in [-0.1, -0.05) is 0 Å². The first-order valence-electron chi connectivity index (χ1n) is 20.4. The second-order valence-corrected chi connectivity index (χ2v) is 17.2. The molecule has 12 heteroatoms. The molecule has 0 spiro atoms. The van der Waals surface area contributed by atoms with E-state index in [1.165, 1.54) is 20.5 Å². The molecule has 0 fully saturated rings. The molecule has 0 aliphatic rings. The first-order chi connectivity index (χ1) is 29.4. The topological polar surface area (TPSA) is 100.0 Å². The van der Waals surface area contributed by atoms with E-state index in [9.17, 15) is 0 Å². The standard InChI is InChI=1S/2C24H22N4O.2Pt/c2*1-18-15-19(26-25-18)7-3-2-6-12-27-13-14-28(17-27)20-10-11-22-21-8-4-5-9-23(21)29-24(22)16-20;;/h2*4-5,8-9,11,13-16H,2-3,6-7,12H2,1H3;;/q2*-2;;. The molecule has 10 aromatic rings. The van der Waals surface area contributed by atoms with Crippen LogP contribution in [0.1, 0.15) is 61.3 Å². The number of hydrogen-bond donors (Lipinski definition) is 0. The number of benzene rings is 4. The molecule has 0 bridgehead atoms. The van der Waals surface area contributed by atoms with E-state index < -0.39 is 0 Å². The molecule has 0 unspecified atom stereocenters. The number of imidazole rings is 2. The number of unbranched alkanes of at least 4 members (excludes halogenated alkanes) is 4. The van der Waals surface area contributed by atoms with Gasteiger partial charge in [0.05, 0.1) is 0 Å². The van der Waals surface area contributed by atoms with Crippen LogP contribution in [0.3, 0.4) is 0 Å².